The lowest BCUT2D eigenvalue weighted by atomic mass is 10.0. The maximum atomic E-state index is 12.6. The Morgan fingerprint density at radius 3 is 2.47 bits per heavy atom. The molecule has 19 heavy (non-hydrogen) atoms. The van der Waals surface area contributed by atoms with Gasteiger partial charge in [-0.1, -0.05) is 13.8 Å². The van der Waals surface area contributed by atoms with Gasteiger partial charge < -0.3 is 9.80 Å². The molecule has 4 heteroatoms. The number of hydrogen-bond donors (Lipinski definition) is 1. The second-order valence-electron chi connectivity index (χ2n) is 6.44. The van der Waals surface area contributed by atoms with Crippen molar-refractivity contribution in [2.24, 2.45) is 0 Å². The Morgan fingerprint density at radius 1 is 1.26 bits per heavy atom. The van der Waals surface area contributed by atoms with E-state index in [1.165, 1.54) is 13.0 Å². The van der Waals surface area contributed by atoms with Crippen LogP contribution in [0.2, 0.25) is 0 Å². The van der Waals surface area contributed by atoms with Gasteiger partial charge in [0.1, 0.15) is 0 Å². The zero-order chi connectivity index (χ0) is 13.5. The third-order valence-corrected chi connectivity index (χ3v) is 5.05. The Hall–Kier alpha value is -0.610. The van der Waals surface area contributed by atoms with Crippen molar-refractivity contribution in [3.63, 3.8) is 0 Å². The van der Waals surface area contributed by atoms with Crippen molar-refractivity contribution < 1.29 is 4.79 Å². The molecule has 0 aromatic rings. The molecule has 2 heterocycles. The van der Waals surface area contributed by atoms with Crippen LogP contribution in [0.15, 0.2) is 0 Å². The van der Waals surface area contributed by atoms with Gasteiger partial charge in [-0.2, -0.15) is 0 Å². The van der Waals surface area contributed by atoms with Crippen LogP contribution in [-0.2, 0) is 4.79 Å². The summed E-state index contributed by atoms with van der Waals surface area (Å²) in [6.45, 7) is 7.95. The Kier molecular flexibility index (Phi) is 3.56. The van der Waals surface area contributed by atoms with Crippen LogP contribution in [0.5, 0.6) is 0 Å². The second-order valence-corrected chi connectivity index (χ2v) is 6.44. The number of carbonyl (C=O) groups excluding carboxylic acids is 1. The summed E-state index contributed by atoms with van der Waals surface area (Å²) < 4.78 is 0. The SMILES string of the molecule is CCCN1CCC(N2C(=O)C3(CC3)NC2CC)CC1. The summed E-state index contributed by atoms with van der Waals surface area (Å²) in [5.74, 6) is 0.397. The number of carbonyl (C=O) groups is 1. The molecule has 2 saturated heterocycles. The number of amides is 1. The Balaban J connectivity index is 1.64. The zero-order valence-electron chi connectivity index (χ0n) is 12.3. The number of nitrogens with one attached hydrogen (secondary N) is 1. The van der Waals surface area contributed by atoms with Crippen LogP contribution >= 0.6 is 0 Å². The normalized spacial score (nSPS) is 31.4. The van der Waals surface area contributed by atoms with Crippen molar-refractivity contribution in [1.82, 2.24) is 15.1 Å². The van der Waals surface area contributed by atoms with E-state index >= 15 is 0 Å². The second kappa shape index (κ2) is 5.06. The fourth-order valence-corrected chi connectivity index (χ4v) is 3.78. The molecule has 0 radical (unpaired) electrons. The van der Waals surface area contributed by atoms with Crippen molar-refractivity contribution in [2.45, 2.75) is 70.1 Å². The van der Waals surface area contributed by atoms with Crippen molar-refractivity contribution in [1.29, 1.82) is 0 Å². The molecule has 1 aliphatic carbocycles. The van der Waals surface area contributed by atoms with Crippen molar-refractivity contribution in [3.8, 4) is 0 Å². The van der Waals surface area contributed by atoms with Crippen LogP contribution in [0.1, 0.15) is 52.4 Å². The van der Waals surface area contributed by atoms with Gasteiger partial charge in [0.05, 0.1) is 11.7 Å². The smallest absolute Gasteiger partial charge is 0.244 e. The summed E-state index contributed by atoms with van der Waals surface area (Å²) in [5.41, 5.74) is -0.138. The Bertz CT molecular complexity index is 345. The van der Waals surface area contributed by atoms with Gasteiger partial charge in [-0.3, -0.25) is 10.1 Å². The van der Waals surface area contributed by atoms with E-state index in [4.69, 9.17) is 0 Å². The molecular weight excluding hydrogens is 238 g/mol. The van der Waals surface area contributed by atoms with Crippen molar-refractivity contribution in [2.75, 3.05) is 19.6 Å². The van der Waals surface area contributed by atoms with Gasteiger partial charge in [-0.15, -0.1) is 0 Å². The molecule has 1 spiro atoms. The number of piperidine rings is 1. The summed E-state index contributed by atoms with van der Waals surface area (Å²) >= 11 is 0. The molecular formula is C15H27N3O. The zero-order valence-corrected chi connectivity index (χ0v) is 12.3. The average molecular weight is 265 g/mol. The highest BCUT2D eigenvalue weighted by molar-refractivity contribution is 5.92. The van der Waals surface area contributed by atoms with E-state index in [1.807, 2.05) is 0 Å². The molecule has 2 aliphatic heterocycles. The van der Waals surface area contributed by atoms with Crippen LogP contribution in [-0.4, -0.2) is 53.1 Å². The topological polar surface area (TPSA) is 35.6 Å². The predicted octanol–water partition coefficient (Wildman–Crippen LogP) is 1.56. The number of hydrogen-bond acceptors (Lipinski definition) is 3. The highest BCUT2D eigenvalue weighted by atomic mass is 16.2. The average Bonchev–Trinajstić information content (AvgIpc) is 3.15. The first-order valence-corrected chi connectivity index (χ1v) is 8.03. The molecule has 1 amide bonds. The third kappa shape index (κ3) is 2.29. The van der Waals surface area contributed by atoms with Crippen molar-refractivity contribution >= 4 is 5.91 Å². The van der Waals surface area contributed by atoms with E-state index in [0.29, 0.717) is 11.9 Å². The minimum atomic E-state index is -0.138. The summed E-state index contributed by atoms with van der Waals surface area (Å²) in [4.78, 5) is 17.4. The van der Waals surface area contributed by atoms with E-state index in [0.717, 1.165) is 45.2 Å². The van der Waals surface area contributed by atoms with Crippen LogP contribution in [0.3, 0.4) is 0 Å². The Labute approximate surface area is 116 Å². The van der Waals surface area contributed by atoms with Gasteiger partial charge in [-0.05, 0) is 45.1 Å². The maximum absolute atomic E-state index is 12.6. The number of nitrogens with zero attached hydrogens (tertiary/aromatic N) is 2. The fraction of sp³-hybridized carbons (Fsp3) is 0.933. The van der Waals surface area contributed by atoms with E-state index in [1.54, 1.807) is 0 Å². The van der Waals surface area contributed by atoms with E-state index < -0.39 is 0 Å². The molecule has 0 aromatic carbocycles. The largest absolute Gasteiger partial charge is 0.322 e. The molecule has 108 valence electrons. The Morgan fingerprint density at radius 2 is 1.95 bits per heavy atom. The summed E-state index contributed by atoms with van der Waals surface area (Å²) in [6, 6.07) is 0.470. The first-order valence-electron chi connectivity index (χ1n) is 8.03. The molecule has 1 N–H and O–H groups in total. The fourth-order valence-electron chi connectivity index (χ4n) is 3.78. The van der Waals surface area contributed by atoms with Gasteiger partial charge in [-0.25, -0.2) is 0 Å². The van der Waals surface area contributed by atoms with E-state index in [2.05, 4.69) is 29.0 Å². The van der Waals surface area contributed by atoms with E-state index in [9.17, 15) is 4.79 Å². The minimum absolute atomic E-state index is 0.138. The van der Waals surface area contributed by atoms with Crippen LogP contribution in [0, 0.1) is 0 Å². The molecule has 1 saturated carbocycles. The minimum Gasteiger partial charge on any atom is -0.322 e. The van der Waals surface area contributed by atoms with Gasteiger partial charge in [0.2, 0.25) is 5.91 Å². The lowest BCUT2D eigenvalue weighted by Gasteiger charge is -2.38. The molecule has 1 unspecified atom stereocenters. The van der Waals surface area contributed by atoms with Crippen LogP contribution in [0.25, 0.3) is 0 Å². The third-order valence-electron chi connectivity index (χ3n) is 5.05. The van der Waals surface area contributed by atoms with Crippen LogP contribution in [0.4, 0.5) is 0 Å². The quantitative estimate of drug-likeness (QED) is 0.838. The molecule has 1 atom stereocenters. The molecule has 3 fully saturated rings. The van der Waals surface area contributed by atoms with Gasteiger partial charge in [0.25, 0.3) is 0 Å². The van der Waals surface area contributed by atoms with Gasteiger partial charge in [0, 0.05) is 19.1 Å². The molecule has 0 bridgehead atoms. The highest BCUT2D eigenvalue weighted by Crippen LogP contribution is 2.44. The molecule has 0 aromatic heterocycles. The number of likely N-dealkylation sites (tertiary alicyclic amines) is 1. The van der Waals surface area contributed by atoms with Gasteiger partial charge in [0.15, 0.2) is 0 Å². The summed E-state index contributed by atoms with van der Waals surface area (Å²) in [6.07, 6.45) is 6.96. The van der Waals surface area contributed by atoms with Crippen molar-refractivity contribution in [3.05, 3.63) is 0 Å². The summed E-state index contributed by atoms with van der Waals surface area (Å²) in [7, 11) is 0. The monoisotopic (exact) mass is 265 g/mol. The standard InChI is InChI=1S/C15H27N3O/c1-3-9-17-10-5-12(6-11-17)18-13(4-2)16-15(7-8-15)14(18)19/h12-13,16H,3-11H2,1-2H3. The first-order chi connectivity index (χ1) is 9.20. The lowest BCUT2D eigenvalue weighted by molar-refractivity contribution is -0.134. The lowest BCUT2D eigenvalue weighted by Crippen LogP contribution is -2.49. The number of rotatable bonds is 4. The maximum Gasteiger partial charge on any atom is 0.244 e. The molecule has 4 nitrogen and oxygen atoms in total. The molecule has 3 aliphatic rings. The molecule has 3 rings (SSSR count). The van der Waals surface area contributed by atoms with Crippen LogP contribution < -0.4 is 5.32 Å². The predicted molar refractivity (Wildman–Crippen MR) is 75.8 cm³/mol. The highest BCUT2D eigenvalue weighted by Gasteiger charge is 2.59. The summed E-state index contributed by atoms with van der Waals surface area (Å²) in [5, 5.41) is 3.59. The van der Waals surface area contributed by atoms with E-state index in [-0.39, 0.29) is 11.7 Å². The van der Waals surface area contributed by atoms with Gasteiger partial charge >= 0.3 is 0 Å². The first kappa shape index (κ1) is 13.4.